The molecule has 0 spiro atoms. The molecular weight excluding hydrogens is 392 g/mol. The van der Waals surface area contributed by atoms with Crippen molar-refractivity contribution in [2.45, 2.75) is 17.7 Å². The van der Waals surface area contributed by atoms with E-state index in [0.717, 1.165) is 12.8 Å². The van der Waals surface area contributed by atoms with Gasteiger partial charge in [0, 0.05) is 23.2 Å². The van der Waals surface area contributed by atoms with Gasteiger partial charge in [-0.3, -0.25) is 4.79 Å². The molecule has 1 aliphatic heterocycles. The zero-order valence-electron chi connectivity index (χ0n) is 12.9. The lowest BCUT2D eigenvalue weighted by atomic mass is 10.2. The third-order valence-corrected chi connectivity index (χ3v) is 6.50. The summed E-state index contributed by atoms with van der Waals surface area (Å²) in [6, 6.07) is 13.5. The van der Waals surface area contributed by atoms with Gasteiger partial charge in [-0.2, -0.15) is 4.31 Å². The zero-order valence-corrected chi connectivity index (χ0v) is 15.3. The molecule has 5 nitrogen and oxygen atoms in total. The average Bonchev–Trinajstić information content (AvgIpc) is 3.11. The minimum atomic E-state index is -3.50. The van der Waals surface area contributed by atoms with Gasteiger partial charge < -0.3 is 5.32 Å². The number of hydrogen-bond donors (Lipinski definition) is 1. The Bertz CT molecular complexity index is 862. The molecule has 1 aliphatic rings. The number of anilines is 1. The number of nitrogens with zero attached hydrogens (tertiary/aromatic N) is 1. The molecule has 0 aromatic heterocycles. The van der Waals surface area contributed by atoms with Crippen molar-refractivity contribution in [1.82, 2.24) is 4.31 Å². The highest BCUT2D eigenvalue weighted by molar-refractivity contribution is 9.10. The topological polar surface area (TPSA) is 66.5 Å². The number of halogens is 1. The Balaban J connectivity index is 1.83. The van der Waals surface area contributed by atoms with Crippen LogP contribution in [0.3, 0.4) is 0 Å². The standard InChI is InChI=1S/C17H17BrN2O3S/c18-16-9-2-1-8-15(16)17(21)19-13-6-5-7-14(12-13)24(22,23)20-10-3-4-11-20/h1-2,5-9,12H,3-4,10-11H2,(H,19,21). The van der Waals surface area contributed by atoms with Crippen molar-refractivity contribution < 1.29 is 13.2 Å². The van der Waals surface area contributed by atoms with Gasteiger partial charge in [0.1, 0.15) is 0 Å². The van der Waals surface area contributed by atoms with Crippen LogP contribution in [0.1, 0.15) is 23.2 Å². The molecule has 0 atom stereocenters. The summed E-state index contributed by atoms with van der Waals surface area (Å²) in [5.74, 6) is -0.293. The van der Waals surface area contributed by atoms with E-state index >= 15 is 0 Å². The Morgan fingerprint density at radius 1 is 1.04 bits per heavy atom. The van der Waals surface area contributed by atoms with Gasteiger partial charge in [-0.15, -0.1) is 0 Å². The molecular formula is C17H17BrN2O3S. The fourth-order valence-electron chi connectivity index (χ4n) is 2.66. The van der Waals surface area contributed by atoms with Gasteiger partial charge in [0.15, 0.2) is 0 Å². The molecule has 1 N–H and O–H groups in total. The molecule has 0 aliphatic carbocycles. The number of carbonyl (C=O) groups is 1. The summed E-state index contributed by atoms with van der Waals surface area (Å²) in [5, 5.41) is 2.75. The Morgan fingerprint density at radius 3 is 2.46 bits per heavy atom. The lowest BCUT2D eigenvalue weighted by Crippen LogP contribution is -2.27. The lowest BCUT2D eigenvalue weighted by Gasteiger charge is -2.16. The fourth-order valence-corrected chi connectivity index (χ4v) is 4.68. The van der Waals surface area contributed by atoms with Gasteiger partial charge >= 0.3 is 0 Å². The highest BCUT2D eigenvalue weighted by atomic mass is 79.9. The Labute approximate surface area is 149 Å². The summed E-state index contributed by atoms with van der Waals surface area (Å²) < 4.78 is 27.4. The number of amides is 1. The summed E-state index contributed by atoms with van der Waals surface area (Å²) in [6.45, 7) is 1.10. The maximum Gasteiger partial charge on any atom is 0.256 e. The van der Waals surface area contributed by atoms with Crippen molar-refractivity contribution in [2.24, 2.45) is 0 Å². The maximum atomic E-state index is 12.6. The predicted molar refractivity (Wildman–Crippen MR) is 96.5 cm³/mol. The number of hydrogen-bond acceptors (Lipinski definition) is 3. The van der Waals surface area contributed by atoms with Crippen molar-refractivity contribution in [3.8, 4) is 0 Å². The summed E-state index contributed by atoms with van der Waals surface area (Å²) in [6.07, 6.45) is 1.77. The summed E-state index contributed by atoms with van der Waals surface area (Å²) >= 11 is 3.34. The molecule has 1 amide bonds. The summed E-state index contributed by atoms with van der Waals surface area (Å²) in [4.78, 5) is 12.6. The Hall–Kier alpha value is -1.70. The molecule has 2 aromatic rings. The van der Waals surface area contributed by atoms with E-state index in [1.165, 1.54) is 10.4 Å². The van der Waals surface area contributed by atoms with Crippen LogP contribution in [0.15, 0.2) is 57.9 Å². The van der Waals surface area contributed by atoms with Crippen LogP contribution in [-0.4, -0.2) is 31.7 Å². The van der Waals surface area contributed by atoms with Gasteiger partial charge in [-0.1, -0.05) is 18.2 Å². The lowest BCUT2D eigenvalue weighted by molar-refractivity contribution is 0.102. The average molecular weight is 409 g/mol. The molecule has 24 heavy (non-hydrogen) atoms. The number of carbonyl (C=O) groups excluding carboxylic acids is 1. The first-order valence-corrected chi connectivity index (χ1v) is 9.88. The van der Waals surface area contributed by atoms with Gasteiger partial charge in [-0.05, 0) is 59.1 Å². The summed E-state index contributed by atoms with van der Waals surface area (Å²) in [5.41, 5.74) is 0.946. The molecule has 126 valence electrons. The predicted octanol–water partition coefficient (Wildman–Crippen LogP) is 3.49. The Morgan fingerprint density at radius 2 is 1.75 bits per heavy atom. The molecule has 0 bridgehead atoms. The van der Waals surface area contributed by atoms with Crippen molar-refractivity contribution in [3.63, 3.8) is 0 Å². The SMILES string of the molecule is O=C(Nc1cccc(S(=O)(=O)N2CCCC2)c1)c1ccccc1Br. The van der Waals surface area contributed by atoms with Gasteiger partial charge in [-0.25, -0.2) is 8.42 Å². The monoisotopic (exact) mass is 408 g/mol. The maximum absolute atomic E-state index is 12.6. The van der Waals surface area contributed by atoms with E-state index in [9.17, 15) is 13.2 Å². The second-order valence-corrected chi connectivity index (χ2v) is 8.37. The molecule has 1 fully saturated rings. The molecule has 2 aromatic carbocycles. The van der Waals surface area contributed by atoms with Crippen LogP contribution in [0.4, 0.5) is 5.69 Å². The highest BCUT2D eigenvalue weighted by Crippen LogP contribution is 2.24. The van der Waals surface area contributed by atoms with Crippen LogP contribution in [0.5, 0.6) is 0 Å². The molecule has 0 radical (unpaired) electrons. The van der Waals surface area contributed by atoms with Crippen LogP contribution in [0.2, 0.25) is 0 Å². The molecule has 0 unspecified atom stereocenters. The second kappa shape index (κ2) is 7.04. The molecule has 1 saturated heterocycles. The molecule has 7 heteroatoms. The zero-order chi connectivity index (χ0) is 17.2. The van der Waals surface area contributed by atoms with E-state index in [0.29, 0.717) is 28.8 Å². The smallest absolute Gasteiger partial charge is 0.256 e. The first-order valence-electron chi connectivity index (χ1n) is 7.64. The minimum absolute atomic E-state index is 0.203. The van der Waals surface area contributed by atoms with E-state index in [4.69, 9.17) is 0 Å². The van der Waals surface area contributed by atoms with E-state index < -0.39 is 10.0 Å². The normalized spacial score (nSPS) is 15.4. The van der Waals surface area contributed by atoms with E-state index in [-0.39, 0.29) is 10.8 Å². The molecule has 1 heterocycles. The van der Waals surface area contributed by atoms with Gasteiger partial charge in [0.2, 0.25) is 10.0 Å². The van der Waals surface area contributed by atoms with Crippen molar-refractivity contribution in [2.75, 3.05) is 18.4 Å². The van der Waals surface area contributed by atoms with Gasteiger partial charge in [0.05, 0.1) is 10.5 Å². The van der Waals surface area contributed by atoms with E-state index in [1.54, 1.807) is 36.4 Å². The third-order valence-electron chi connectivity index (χ3n) is 3.91. The molecule has 0 saturated carbocycles. The number of nitrogens with one attached hydrogen (secondary N) is 1. The van der Waals surface area contributed by atoms with Crippen LogP contribution in [0, 0.1) is 0 Å². The van der Waals surface area contributed by atoms with E-state index in [1.807, 2.05) is 6.07 Å². The highest BCUT2D eigenvalue weighted by Gasteiger charge is 2.27. The van der Waals surface area contributed by atoms with Crippen molar-refractivity contribution in [3.05, 3.63) is 58.6 Å². The van der Waals surface area contributed by atoms with Crippen LogP contribution in [-0.2, 0) is 10.0 Å². The molecule has 3 rings (SSSR count). The van der Waals surface area contributed by atoms with E-state index in [2.05, 4.69) is 21.2 Å². The largest absolute Gasteiger partial charge is 0.322 e. The third kappa shape index (κ3) is 3.53. The van der Waals surface area contributed by atoms with Crippen LogP contribution in [0.25, 0.3) is 0 Å². The first-order chi connectivity index (χ1) is 11.5. The summed E-state index contributed by atoms with van der Waals surface area (Å²) in [7, 11) is -3.50. The first kappa shape index (κ1) is 17.1. The fraction of sp³-hybridized carbons (Fsp3) is 0.235. The number of benzene rings is 2. The van der Waals surface area contributed by atoms with Crippen molar-refractivity contribution >= 4 is 37.5 Å². The van der Waals surface area contributed by atoms with Crippen LogP contribution >= 0.6 is 15.9 Å². The number of sulfonamides is 1. The van der Waals surface area contributed by atoms with Crippen molar-refractivity contribution in [1.29, 1.82) is 0 Å². The van der Waals surface area contributed by atoms with Crippen LogP contribution < -0.4 is 5.32 Å². The second-order valence-electron chi connectivity index (χ2n) is 5.57. The van der Waals surface area contributed by atoms with Gasteiger partial charge in [0.25, 0.3) is 5.91 Å². The quantitative estimate of drug-likeness (QED) is 0.841. The minimum Gasteiger partial charge on any atom is -0.322 e. The Kier molecular flexibility index (Phi) is 5.03. The number of rotatable bonds is 4.